The monoisotopic (exact) mass is 884 g/mol. The summed E-state index contributed by atoms with van der Waals surface area (Å²) in [6.07, 6.45) is 19.7. The number of carbonyl (C=O) groups is 3. The molecule has 0 bridgehead atoms. The molecule has 3 aromatic rings. The zero-order valence-corrected chi connectivity index (χ0v) is 34.1. The van der Waals surface area contributed by atoms with Crippen LogP contribution >= 0.6 is 11.8 Å². The van der Waals surface area contributed by atoms with Crippen LogP contribution in [0, 0.1) is 10.7 Å². The number of nitriles is 1. The van der Waals surface area contributed by atoms with Crippen molar-refractivity contribution in [1.82, 2.24) is 15.6 Å². The van der Waals surface area contributed by atoms with Crippen LogP contribution in [0.1, 0.15) is 59.6 Å². The van der Waals surface area contributed by atoms with Gasteiger partial charge >= 0.3 is 37.4 Å². The third kappa shape index (κ3) is 16.6. The maximum Gasteiger partial charge on any atom is 2.00 e. The number of carboxylic acid groups (broad SMARTS) is 3. The fourth-order valence-electron chi connectivity index (χ4n) is 4.87. The number of aromatic carboxylic acids is 1. The fourth-order valence-corrected chi connectivity index (χ4v) is 5.35. The van der Waals surface area contributed by atoms with Crippen LogP contribution in [0.25, 0.3) is 35.4 Å². The predicted octanol–water partition coefficient (Wildman–Crippen LogP) is 9.83. The van der Waals surface area contributed by atoms with Gasteiger partial charge in [0.25, 0.3) is 0 Å². The van der Waals surface area contributed by atoms with Crippen molar-refractivity contribution in [2.24, 2.45) is 0 Å². The molecule has 4 rings (SSSR count). The molecular formula is C44H42N6O6RuS. The maximum atomic E-state index is 11.9. The molecule has 2 heterocycles. The van der Waals surface area contributed by atoms with Gasteiger partial charge < -0.3 is 37.4 Å². The topological polar surface area (TPSA) is 220 Å². The van der Waals surface area contributed by atoms with Crippen molar-refractivity contribution < 1.29 is 49.2 Å². The summed E-state index contributed by atoms with van der Waals surface area (Å²) < 4.78 is 0. The van der Waals surface area contributed by atoms with Gasteiger partial charge in [-0.25, -0.2) is 14.4 Å². The largest absolute Gasteiger partial charge is 2.00 e. The number of rotatable bonds is 15. The number of pyridine rings is 1. The first-order valence-corrected chi connectivity index (χ1v) is 18.3. The smallest absolute Gasteiger partial charge is 0.702 e. The number of allylic oxidation sites excluding steroid dienone is 7. The van der Waals surface area contributed by atoms with Crippen LogP contribution in [-0.2, 0) is 29.1 Å². The van der Waals surface area contributed by atoms with E-state index in [0.29, 0.717) is 6.42 Å². The normalized spacial score (nSPS) is 16.1. The molecule has 0 radical (unpaired) electrons. The Morgan fingerprint density at radius 1 is 0.845 bits per heavy atom. The number of benzene rings is 2. The number of aromatic nitrogens is 1. The van der Waals surface area contributed by atoms with Gasteiger partial charge in [0.1, 0.15) is 5.40 Å². The van der Waals surface area contributed by atoms with Crippen LogP contribution in [0.15, 0.2) is 156 Å². The Morgan fingerprint density at radius 2 is 1.45 bits per heavy atom. The summed E-state index contributed by atoms with van der Waals surface area (Å²) in [6, 6.07) is 21.2. The minimum atomic E-state index is -1.38. The molecule has 14 heteroatoms. The zero-order valence-electron chi connectivity index (χ0n) is 31.6. The summed E-state index contributed by atoms with van der Waals surface area (Å²) in [7, 11) is 0. The van der Waals surface area contributed by atoms with E-state index < -0.39 is 17.9 Å². The van der Waals surface area contributed by atoms with E-state index in [-0.39, 0.29) is 70.9 Å². The van der Waals surface area contributed by atoms with E-state index in [1.165, 1.54) is 36.0 Å². The molecule has 1 aliphatic heterocycles. The molecule has 1 saturated heterocycles. The number of hydrogen-bond donors (Lipinski definition) is 5. The third-order valence-corrected chi connectivity index (χ3v) is 8.22. The number of carboxylic acids is 3. The van der Waals surface area contributed by atoms with Gasteiger partial charge in [-0.2, -0.15) is 11.0 Å². The van der Waals surface area contributed by atoms with Crippen molar-refractivity contribution in [3.8, 4) is 5.40 Å². The van der Waals surface area contributed by atoms with Gasteiger partial charge in [0.05, 0.1) is 33.8 Å². The number of nitrogens with one attached hydrogen (secondary N) is 4. The van der Waals surface area contributed by atoms with Gasteiger partial charge in [0, 0.05) is 17.5 Å². The van der Waals surface area contributed by atoms with E-state index in [1.807, 2.05) is 105 Å². The van der Waals surface area contributed by atoms with E-state index >= 15 is 0 Å². The Morgan fingerprint density at radius 3 is 2.02 bits per heavy atom. The summed E-state index contributed by atoms with van der Waals surface area (Å²) in [6.45, 7) is 3.93. The summed E-state index contributed by atoms with van der Waals surface area (Å²) in [5.41, 5.74) is 19.5. The first-order valence-electron chi connectivity index (χ1n) is 17.4. The summed E-state index contributed by atoms with van der Waals surface area (Å²) in [4.78, 5) is 39.5. The Labute approximate surface area is 354 Å². The van der Waals surface area contributed by atoms with E-state index in [0.717, 1.165) is 34.7 Å². The number of thioether (sulfide) groups is 1. The Kier molecular flexibility index (Phi) is 20.9. The quantitative estimate of drug-likeness (QED) is 0.0418. The molecule has 1 aliphatic rings. The SMILES string of the molecule is C\C=C/C=C1\NC(SC#N)N\C1=C/C.[NH-]/C(=C\C(=C/C/C=C/c1ccccc1)C(=O)O)C/C=C(\C=C(/[NH-])c1cc(C(=O)O)cc(/C=C/c2ccccc2)n1)C(=O)O.[Ru+2]. The summed E-state index contributed by atoms with van der Waals surface area (Å²) in [5, 5.41) is 45.7. The van der Waals surface area contributed by atoms with Crippen molar-refractivity contribution in [1.29, 1.82) is 5.26 Å². The molecule has 0 spiro atoms. The molecule has 2 aromatic carbocycles. The number of hydrogen-bond acceptors (Lipinski definition) is 8. The maximum absolute atomic E-state index is 11.9. The first kappa shape index (κ1) is 47.5. The van der Waals surface area contributed by atoms with Gasteiger partial charge in [-0.3, -0.25) is 4.98 Å². The molecule has 7 N–H and O–H groups in total. The summed E-state index contributed by atoms with van der Waals surface area (Å²) in [5.74, 6) is -3.84. The number of nitrogens with zero attached hydrogens (tertiary/aromatic N) is 2. The van der Waals surface area contributed by atoms with Gasteiger partial charge in [-0.15, -0.1) is 5.70 Å². The molecular weight excluding hydrogens is 842 g/mol. The predicted molar refractivity (Wildman–Crippen MR) is 227 cm³/mol. The molecule has 0 aliphatic carbocycles. The molecule has 1 unspecified atom stereocenters. The van der Waals surface area contributed by atoms with Crippen molar-refractivity contribution in [2.45, 2.75) is 32.2 Å². The molecule has 1 aromatic heterocycles. The standard InChI is InChI=1S/C34H29N3O6.C10H13N3S.Ru/c35-28(19-25(32(38)39)14-8-7-13-23-9-3-1-4-10-23)17-16-26(33(40)41)21-30(36)31-22-27(34(42)43)20-29(37-31)18-15-24-11-5-2-6-12-24;1-3-5-6-9-8(4-2)12-10(13-9)14-7-11;/h1-7,9-16,18-22,35-36H,8,17H2,(H,38,39)(H,40,41)(H,42,43);3-6,10,12-13H,1-2H3;/q-2;;+2/b13-7+,18-15+,25-14+,26-16+,28-19-,30-21-;5-3-,8-4-,9-6-;. The number of aliphatic carboxylic acids is 2. The van der Waals surface area contributed by atoms with E-state index in [2.05, 4.69) is 21.0 Å². The Hall–Kier alpha value is -6.68. The second kappa shape index (κ2) is 25.5. The first-order chi connectivity index (χ1) is 27.4. The van der Waals surface area contributed by atoms with Crippen molar-refractivity contribution in [3.05, 3.63) is 195 Å². The van der Waals surface area contributed by atoms with Crippen LogP contribution in [0.2, 0.25) is 0 Å². The molecule has 58 heavy (non-hydrogen) atoms. The van der Waals surface area contributed by atoms with Crippen LogP contribution in [0.5, 0.6) is 0 Å². The van der Waals surface area contributed by atoms with Crippen molar-refractivity contribution in [3.63, 3.8) is 0 Å². The molecule has 298 valence electrons. The average Bonchev–Trinajstić information content (AvgIpc) is 3.61. The minimum absolute atomic E-state index is 0. The average molecular weight is 884 g/mol. The summed E-state index contributed by atoms with van der Waals surface area (Å²) >= 11 is 1.17. The van der Waals surface area contributed by atoms with Crippen LogP contribution in [0.4, 0.5) is 0 Å². The second-order valence-electron chi connectivity index (χ2n) is 11.8. The van der Waals surface area contributed by atoms with Crippen LogP contribution < -0.4 is 10.6 Å². The van der Waals surface area contributed by atoms with E-state index in [4.69, 9.17) is 16.7 Å². The second-order valence-corrected chi connectivity index (χ2v) is 12.7. The fraction of sp³-hybridized carbons (Fsp3) is 0.114. The number of thiocyanates is 1. The van der Waals surface area contributed by atoms with Crippen LogP contribution in [0.3, 0.4) is 0 Å². The van der Waals surface area contributed by atoms with Crippen molar-refractivity contribution >= 4 is 53.6 Å². The van der Waals surface area contributed by atoms with Gasteiger partial charge in [0.15, 0.2) is 5.50 Å². The van der Waals surface area contributed by atoms with Crippen molar-refractivity contribution in [2.75, 3.05) is 0 Å². The van der Waals surface area contributed by atoms with Gasteiger partial charge in [-0.1, -0.05) is 121 Å². The molecule has 12 nitrogen and oxygen atoms in total. The van der Waals surface area contributed by atoms with Gasteiger partial charge in [0.2, 0.25) is 0 Å². The Balaban J connectivity index is 0.000000653. The van der Waals surface area contributed by atoms with Gasteiger partial charge in [-0.05, 0) is 62.1 Å². The molecule has 1 fully saturated rings. The van der Waals surface area contributed by atoms with Crippen LogP contribution in [-0.4, -0.2) is 43.7 Å². The molecule has 0 saturated carbocycles. The molecule has 1 atom stereocenters. The third-order valence-electron chi connectivity index (χ3n) is 7.64. The zero-order chi connectivity index (χ0) is 41.6. The van der Waals surface area contributed by atoms with E-state index in [9.17, 15) is 29.7 Å². The Bertz CT molecular complexity index is 2220. The van der Waals surface area contributed by atoms with E-state index in [1.54, 1.807) is 18.2 Å². The minimum Gasteiger partial charge on any atom is -0.702 e. The molecule has 0 amide bonds.